The maximum atomic E-state index is 11.6. The molecule has 0 aromatic heterocycles. The maximum absolute atomic E-state index is 11.6. The van der Waals surface area contributed by atoms with Crippen LogP contribution < -0.4 is 5.32 Å². The smallest absolute Gasteiger partial charge is 0.216 e. The summed E-state index contributed by atoms with van der Waals surface area (Å²) >= 11 is 1.19. The van der Waals surface area contributed by atoms with Crippen molar-refractivity contribution in [3.63, 3.8) is 0 Å². The van der Waals surface area contributed by atoms with Crippen molar-refractivity contribution in [3.8, 4) is 0 Å². The summed E-state index contributed by atoms with van der Waals surface area (Å²) in [4.78, 5) is 22.2. The molecule has 0 radical (unpaired) electrons. The van der Waals surface area contributed by atoms with Gasteiger partial charge >= 0.3 is 0 Å². The van der Waals surface area contributed by atoms with Crippen LogP contribution in [0.25, 0.3) is 0 Å². The van der Waals surface area contributed by atoms with Gasteiger partial charge in [-0.1, -0.05) is 63.6 Å². The summed E-state index contributed by atoms with van der Waals surface area (Å²) in [5.41, 5.74) is 0. The quantitative estimate of drug-likeness (QED) is 0.512. The first kappa shape index (κ1) is 20.5. The minimum atomic E-state index is -0.513. The fourth-order valence-electron chi connectivity index (χ4n) is 2.08. The molecule has 0 saturated heterocycles. The Kier molecular flexibility index (Phi) is 14.0. The fourth-order valence-corrected chi connectivity index (χ4v) is 2.82. The SMILES string of the molecule is CCCCCCCCC[C@H](O)CC(=O)SCCNC(C)=O. The number of nitrogens with one attached hydrogen (secondary N) is 1. The Morgan fingerprint density at radius 2 is 1.71 bits per heavy atom. The van der Waals surface area contributed by atoms with Crippen LogP contribution in [0.2, 0.25) is 0 Å². The lowest BCUT2D eigenvalue weighted by Gasteiger charge is -2.09. The molecule has 0 heterocycles. The summed E-state index contributed by atoms with van der Waals surface area (Å²) in [7, 11) is 0. The highest BCUT2D eigenvalue weighted by atomic mass is 32.2. The molecule has 0 aromatic rings. The van der Waals surface area contributed by atoms with Gasteiger partial charge in [-0.15, -0.1) is 0 Å². The zero-order valence-electron chi connectivity index (χ0n) is 13.5. The summed E-state index contributed by atoms with van der Waals surface area (Å²) in [6.07, 6.45) is 8.96. The molecule has 0 unspecified atom stereocenters. The second-order valence-electron chi connectivity index (χ2n) is 5.47. The lowest BCUT2D eigenvalue weighted by atomic mass is 10.1. The van der Waals surface area contributed by atoms with Gasteiger partial charge in [0.1, 0.15) is 0 Å². The van der Waals surface area contributed by atoms with Crippen molar-refractivity contribution in [3.05, 3.63) is 0 Å². The lowest BCUT2D eigenvalue weighted by molar-refractivity contribution is -0.119. The highest BCUT2D eigenvalue weighted by Gasteiger charge is 2.11. The third kappa shape index (κ3) is 15.7. The van der Waals surface area contributed by atoms with Gasteiger partial charge in [0.05, 0.1) is 6.10 Å². The van der Waals surface area contributed by atoms with Crippen LogP contribution >= 0.6 is 11.8 Å². The van der Waals surface area contributed by atoms with E-state index in [9.17, 15) is 14.7 Å². The van der Waals surface area contributed by atoms with E-state index in [0.29, 0.717) is 18.7 Å². The van der Waals surface area contributed by atoms with Crippen LogP contribution in [0.3, 0.4) is 0 Å². The fraction of sp³-hybridized carbons (Fsp3) is 0.875. The van der Waals surface area contributed by atoms with Gasteiger partial charge < -0.3 is 10.4 Å². The van der Waals surface area contributed by atoms with Crippen molar-refractivity contribution in [1.82, 2.24) is 5.32 Å². The van der Waals surface area contributed by atoms with Crippen LogP contribution in [0.4, 0.5) is 0 Å². The summed E-state index contributed by atoms with van der Waals surface area (Å²) in [5.74, 6) is 0.491. The normalized spacial score (nSPS) is 12.1. The summed E-state index contributed by atoms with van der Waals surface area (Å²) < 4.78 is 0. The van der Waals surface area contributed by atoms with E-state index >= 15 is 0 Å². The van der Waals surface area contributed by atoms with Crippen molar-refractivity contribution < 1.29 is 14.7 Å². The van der Waals surface area contributed by atoms with E-state index in [0.717, 1.165) is 12.8 Å². The number of carbonyl (C=O) groups excluding carboxylic acids is 2. The molecule has 0 aromatic carbocycles. The highest BCUT2D eigenvalue weighted by Crippen LogP contribution is 2.13. The van der Waals surface area contributed by atoms with Crippen molar-refractivity contribution in [2.75, 3.05) is 12.3 Å². The Labute approximate surface area is 133 Å². The van der Waals surface area contributed by atoms with Crippen molar-refractivity contribution in [2.24, 2.45) is 0 Å². The number of hydrogen-bond donors (Lipinski definition) is 2. The molecule has 0 fully saturated rings. The number of aliphatic hydroxyl groups is 1. The van der Waals surface area contributed by atoms with Crippen LogP contribution in [0, 0.1) is 0 Å². The molecular formula is C16H31NO3S. The Balaban J connectivity index is 3.41. The molecule has 0 aliphatic rings. The van der Waals surface area contributed by atoms with E-state index in [1.54, 1.807) is 0 Å². The van der Waals surface area contributed by atoms with Gasteiger partial charge in [-0.3, -0.25) is 9.59 Å². The summed E-state index contributed by atoms with van der Waals surface area (Å²) in [5, 5.41) is 12.5. The average molecular weight is 317 g/mol. The number of amides is 1. The van der Waals surface area contributed by atoms with Gasteiger partial charge in [-0.05, 0) is 6.42 Å². The van der Waals surface area contributed by atoms with Crippen molar-refractivity contribution in [2.45, 2.75) is 77.7 Å². The molecule has 0 spiro atoms. The van der Waals surface area contributed by atoms with Crippen LogP contribution in [-0.2, 0) is 9.59 Å². The molecule has 1 atom stereocenters. The van der Waals surface area contributed by atoms with E-state index in [1.807, 2.05) is 0 Å². The van der Waals surface area contributed by atoms with E-state index in [-0.39, 0.29) is 17.4 Å². The molecule has 0 aliphatic heterocycles. The number of aliphatic hydroxyl groups excluding tert-OH is 1. The largest absolute Gasteiger partial charge is 0.393 e. The minimum absolute atomic E-state index is 0.01000. The molecule has 2 N–H and O–H groups in total. The zero-order chi connectivity index (χ0) is 15.9. The number of hydrogen-bond acceptors (Lipinski definition) is 4. The molecule has 5 heteroatoms. The second kappa shape index (κ2) is 14.4. The molecule has 0 bridgehead atoms. The van der Waals surface area contributed by atoms with E-state index < -0.39 is 6.10 Å². The van der Waals surface area contributed by atoms with Gasteiger partial charge in [0.15, 0.2) is 5.12 Å². The molecule has 0 rings (SSSR count). The van der Waals surface area contributed by atoms with Gasteiger partial charge in [0, 0.05) is 25.6 Å². The van der Waals surface area contributed by atoms with E-state index in [2.05, 4.69) is 12.2 Å². The third-order valence-corrected chi connectivity index (χ3v) is 4.18. The predicted molar refractivity (Wildman–Crippen MR) is 89.4 cm³/mol. The topological polar surface area (TPSA) is 66.4 Å². The number of thioether (sulfide) groups is 1. The lowest BCUT2D eigenvalue weighted by Crippen LogP contribution is -2.23. The Morgan fingerprint density at radius 3 is 2.33 bits per heavy atom. The molecule has 0 aliphatic carbocycles. The predicted octanol–water partition coefficient (Wildman–Crippen LogP) is 3.27. The third-order valence-electron chi connectivity index (χ3n) is 3.28. The molecule has 124 valence electrons. The monoisotopic (exact) mass is 317 g/mol. The zero-order valence-corrected chi connectivity index (χ0v) is 14.3. The number of rotatable bonds is 13. The maximum Gasteiger partial charge on any atom is 0.216 e. The van der Waals surface area contributed by atoms with E-state index in [4.69, 9.17) is 0 Å². The van der Waals surface area contributed by atoms with E-state index in [1.165, 1.54) is 50.8 Å². The molecule has 1 amide bonds. The van der Waals surface area contributed by atoms with Crippen molar-refractivity contribution in [1.29, 1.82) is 0 Å². The molecule has 21 heavy (non-hydrogen) atoms. The standard InChI is InChI=1S/C16H31NO3S/c1-3-4-5-6-7-8-9-10-15(19)13-16(20)21-12-11-17-14(2)18/h15,19H,3-13H2,1-2H3,(H,17,18)/t15-/m0/s1. The number of unbranched alkanes of at least 4 members (excludes halogenated alkanes) is 6. The van der Waals surface area contributed by atoms with Gasteiger partial charge in [-0.2, -0.15) is 0 Å². The summed E-state index contributed by atoms with van der Waals surface area (Å²) in [6, 6.07) is 0. The molecular weight excluding hydrogens is 286 g/mol. The minimum Gasteiger partial charge on any atom is -0.393 e. The Hall–Kier alpha value is -0.550. The first-order valence-corrected chi connectivity index (χ1v) is 9.13. The average Bonchev–Trinajstić information content (AvgIpc) is 2.42. The Bertz CT molecular complexity index is 285. The Morgan fingerprint density at radius 1 is 1.10 bits per heavy atom. The van der Waals surface area contributed by atoms with Gasteiger partial charge in [0.2, 0.25) is 5.91 Å². The summed E-state index contributed by atoms with van der Waals surface area (Å²) in [6.45, 7) is 4.17. The van der Waals surface area contributed by atoms with Crippen LogP contribution in [-0.4, -0.2) is 34.5 Å². The first-order chi connectivity index (χ1) is 10.1. The second-order valence-corrected chi connectivity index (χ2v) is 6.62. The molecule has 4 nitrogen and oxygen atoms in total. The van der Waals surface area contributed by atoms with Gasteiger partial charge in [-0.25, -0.2) is 0 Å². The van der Waals surface area contributed by atoms with Crippen LogP contribution in [0.5, 0.6) is 0 Å². The highest BCUT2D eigenvalue weighted by molar-refractivity contribution is 8.13. The molecule has 0 saturated carbocycles. The van der Waals surface area contributed by atoms with Crippen LogP contribution in [0.1, 0.15) is 71.6 Å². The van der Waals surface area contributed by atoms with Gasteiger partial charge in [0.25, 0.3) is 0 Å². The van der Waals surface area contributed by atoms with Crippen LogP contribution in [0.15, 0.2) is 0 Å². The number of carbonyl (C=O) groups is 2. The van der Waals surface area contributed by atoms with Crippen molar-refractivity contribution >= 4 is 22.8 Å². The first-order valence-electron chi connectivity index (χ1n) is 8.14.